The van der Waals surface area contributed by atoms with Gasteiger partial charge in [0.15, 0.2) is 8.07 Å². The zero-order valence-electron chi connectivity index (χ0n) is 38.3. The first kappa shape index (κ1) is 40.1. The molecule has 70 heavy (non-hydrogen) atoms. The maximum atomic E-state index is 2.53. The molecule has 0 unspecified atom stereocenters. The van der Waals surface area contributed by atoms with E-state index in [-0.39, 0.29) is 0 Å². The highest BCUT2D eigenvalue weighted by Gasteiger charge is 2.41. The number of fused-ring (bicyclic) bond motifs is 9. The number of nitrogens with zero attached hydrogens (tertiary/aromatic N) is 3. The van der Waals surface area contributed by atoms with Crippen LogP contribution in [0.3, 0.4) is 0 Å². The minimum atomic E-state index is -2.84. The van der Waals surface area contributed by atoms with Crippen LogP contribution < -0.4 is 20.7 Å². The van der Waals surface area contributed by atoms with Crippen molar-refractivity contribution in [1.29, 1.82) is 0 Å². The summed E-state index contributed by atoms with van der Waals surface area (Å²) in [6.07, 6.45) is 0. The number of benzene rings is 11. The Hall–Kier alpha value is -8.96. The largest absolute Gasteiger partial charge is 0.309 e. The summed E-state index contributed by atoms with van der Waals surface area (Å²) in [5.41, 5.74) is 12.8. The van der Waals surface area contributed by atoms with Gasteiger partial charge in [0.25, 0.3) is 0 Å². The molecule has 0 saturated heterocycles. The molecule has 0 N–H and O–H groups in total. The molecule has 0 aliphatic heterocycles. The molecule has 328 valence electrons. The van der Waals surface area contributed by atoms with Gasteiger partial charge in [-0.3, -0.25) is 0 Å². The van der Waals surface area contributed by atoms with E-state index in [4.69, 9.17) is 0 Å². The van der Waals surface area contributed by atoms with Crippen molar-refractivity contribution in [3.05, 3.63) is 273 Å². The first-order valence-corrected chi connectivity index (χ1v) is 26.2. The SMILES string of the molecule is c1ccc(-c2ccccc2-n2c3cc(-n4c5ccccc5c5ccc([Si](c6ccccc6)(c6ccccc6)c6ccccc6)cc54)ccc3c3c(-n4c5ccccc5c5ccccc54)cccc32)cc1. The second-order valence-electron chi connectivity index (χ2n) is 18.4. The van der Waals surface area contributed by atoms with E-state index in [1.54, 1.807) is 0 Å². The van der Waals surface area contributed by atoms with Crippen molar-refractivity contribution in [3.8, 4) is 28.2 Å². The van der Waals surface area contributed by atoms with E-state index in [9.17, 15) is 0 Å². The van der Waals surface area contributed by atoms with E-state index in [1.807, 2.05) is 0 Å². The average molecular weight is 908 g/mol. The molecule has 3 nitrogen and oxygen atoms in total. The number of aromatic nitrogens is 3. The van der Waals surface area contributed by atoms with Gasteiger partial charge in [-0.25, -0.2) is 0 Å². The maximum absolute atomic E-state index is 2.84. The summed E-state index contributed by atoms with van der Waals surface area (Å²) in [5, 5.41) is 12.8. The Morgan fingerprint density at radius 3 is 1.27 bits per heavy atom. The van der Waals surface area contributed by atoms with Gasteiger partial charge in [-0.05, 0) is 80.9 Å². The molecule has 14 aromatic rings. The molecule has 0 amide bonds. The minimum Gasteiger partial charge on any atom is -0.309 e. The molecular formula is C66H45N3Si. The van der Waals surface area contributed by atoms with Crippen molar-refractivity contribution in [2.45, 2.75) is 0 Å². The van der Waals surface area contributed by atoms with Crippen LogP contribution in [0.5, 0.6) is 0 Å². The van der Waals surface area contributed by atoms with Gasteiger partial charge in [-0.15, -0.1) is 0 Å². The minimum absolute atomic E-state index is 1.11. The van der Waals surface area contributed by atoms with Crippen LogP contribution in [0.4, 0.5) is 0 Å². The van der Waals surface area contributed by atoms with Crippen LogP contribution in [0, 0.1) is 0 Å². The van der Waals surface area contributed by atoms with Crippen LogP contribution in [0.15, 0.2) is 273 Å². The second-order valence-corrected chi connectivity index (χ2v) is 22.2. The van der Waals surface area contributed by atoms with Gasteiger partial charge >= 0.3 is 0 Å². The van der Waals surface area contributed by atoms with Crippen molar-refractivity contribution >= 4 is 94.2 Å². The van der Waals surface area contributed by atoms with Crippen LogP contribution in [-0.4, -0.2) is 21.8 Å². The van der Waals surface area contributed by atoms with E-state index in [2.05, 4.69) is 287 Å². The monoisotopic (exact) mass is 907 g/mol. The Kier molecular flexibility index (Phi) is 9.23. The lowest BCUT2D eigenvalue weighted by Crippen LogP contribution is -2.74. The summed E-state index contributed by atoms with van der Waals surface area (Å²) in [5.74, 6) is 0. The van der Waals surface area contributed by atoms with Gasteiger partial charge in [0.1, 0.15) is 0 Å². The molecule has 0 fully saturated rings. The molecule has 4 heteroatoms. The Morgan fingerprint density at radius 1 is 0.243 bits per heavy atom. The van der Waals surface area contributed by atoms with E-state index in [0.717, 1.165) is 28.1 Å². The van der Waals surface area contributed by atoms with Crippen LogP contribution >= 0.6 is 0 Å². The molecule has 0 aliphatic rings. The summed E-state index contributed by atoms with van der Waals surface area (Å²) < 4.78 is 7.52. The van der Waals surface area contributed by atoms with Crippen LogP contribution in [-0.2, 0) is 0 Å². The van der Waals surface area contributed by atoms with Crippen molar-refractivity contribution in [2.24, 2.45) is 0 Å². The van der Waals surface area contributed by atoms with Crippen LogP contribution in [0.25, 0.3) is 93.6 Å². The third-order valence-corrected chi connectivity index (χ3v) is 19.6. The highest BCUT2D eigenvalue weighted by atomic mass is 28.3. The number of hydrogen-bond acceptors (Lipinski definition) is 0. The molecule has 0 bridgehead atoms. The second kappa shape index (κ2) is 16.1. The number of para-hydroxylation sites is 4. The molecule has 0 spiro atoms. The smallest absolute Gasteiger partial charge is 0.179 e. The van der Waals surface area contributed by atoms with Crippen LogP contribution in [0.2, 0.25) is 0 Å². The summed E-state index contributed by atoms with van der Waals surface area (Å²) in [4.78, 5) is 0. The van der Waals surface area contributed by atoms with Gasteiger partial charge in [0.2, 0.25) is 0 Å². The first-order valence-electron chi connectivity index (χ1n) is 24.2. The van der Waals surface area contributed by atoms with Gasteiger partial charge in [0.05, 0.1) is 44.5 Å². The molecular weight excluding hydrogens is 863 g/mol. The quantitative estimate of drug-likeness (QED) is 0.107. The molecule has 0 radical (unpaired) electrons. The first-order chi connectivity index (χ1) is 34.8. The van der Waals surface area contributed by atoms with Gasteiger partial charge < -0.3 is 13.7 Å². The summed E-state index contributed by atoms with van der Waals surface area (Å²) in [6.45, 7) is 0. The number of rotatable bonds is 8. The highest BCUT2D eigenvalue weighted by Crippen LogP contribution is 2.43. The van der Waals surface area contributed by atoms with E-state index in [0.29, 0.717) is 0 Å². The zero-order valence-corrected chi connectivity index (χ0v) is 39.3. The Bertz CT molecular complexity index is 4130. The van der Waals surface area contributed by atoms with Crippen molar-refractivity contribution < 1.29 is 0 Å². The average Bonchev–Trinajstić information content (AvgIpc) is 4.08. The molecule has 14 rings (SSSR count). The predicted octanol–water partition coefficient (Wildman–Crippen LogP) is 14.0. The Morgan fingerprint density at radius 2 is 0.671 bits per heavy atom. The molecule has 0 aliphatic carbocycles. The molecule has 3 heterocycles. The van der Waals surface area contributed by atoms with E-state index < -0.39 is 8.07 Å². The van der Waals surface area contributed by atoms with E-state index >= 15 is 0 Å². The van der Waals surface area contributed by atoms with Gasteiger partial charge in [0, 0.05) is 43.6 Å². The third-order valence-electron chi connectivity index (χ3n) is 14.8. The van der Waals surface area contributed by atoms with Crippen LogP contribution in [0.1, 0.15) is 0 Å². The van der Waals surface area contributed by atoms with Crippen molar-refractivity contribution in [1.82, 2.24) is 13.7 Å². The summed E-state index contributed by atoms with van der Waals surface area (Å²) >= 11 is 0. The lowest BCUT2D eigenvalue weighted by molar-refractivity contribution is 1.15. The standard InChI is InChI=1S/C66H45N3Si/c1-5-22-46(23-6-1)52-30-13-17-34-58(52)69-63-39-21-38-62(68-60-36-19-15-31-53(60)54-32-16-20-37-61(54)68)66(63)57-42-40-47(44-64(57)69)67-59-35-18-14-33-55(59)56-43-41-51(45-65(56)67)70(48-24-7-2-8-25-48,49-26-9-3-10-27-49)50-28-11-4-12-29-50/h1-45H. The highest BCUT2D eigenvalue weighted by molar-refractivity contribution is 7.20. The van der Waals surface area contributed by atoms with Crippen molar-refractivity contribution in [3.63, 3.8) is 0 Å². The third kappa shape index (κ3) is 5.94. The lowest BCUT2D eigenvalue weighted by atomic mass is 10.0. The molecule has 3 aromatic heterocycles. The van der Waals surface area contributed by atoms with Crippen molar-refractivity contribution in [2.75, 3.05) is 0 Å². The molecule has 0 saturated carbocycles. The fourth-order valence-corrected chi connectivity index (χ4v) is 16.6. The van der Waals surface area contributed by atoms with Gasteiger partial charge in [-0.2, -0.15) is 0 Å². The number of hydrogen-bond donors (Lipinski definition) is 0. The molecule has 0 atom stereocenters. The zero-order chi connectivity index (χ0) is 46.2. The summed E-state index contributed by atoms with van der Waals surface area (Å²) in [7, 11) is -2.84. The maximum Gasteiger partial charge on any atom is 0.179 e. The summed E-state index contributed by atoms with van der Waals surface area (Å²) in [6, 6.07) is 101. The molecule has 11 aromatic carbocycles. The Balaban J connectivity index is 1.09. The van der Waals surface area contributed by atoms with Gasteiger partial charge in [-0.1, -0.05) is 218 Å². The lowest BCUT2D eigenvalue weighted by Gasteiger charge is -2.34. The fraction of sp³-hybridized carbons (Fsp3) is 0. The predicted molar refractivity (Wildman–Crippen MR) is 299 cm³/mol. The fourth-order valence-electron chi connectivity index (χ4n) is 11.9. The van der Waals surface area contributed by atoms with E-state index in [1.165, 1.54) is 86.3 Å². The topological polar surface area (TPSA) is 14.8 Å². The normalized spacial score (nSPS) is 12.0. The Labute approximate surface area is 407 Å².